The van der Waals surface area contributed by atoms with Gasteiger partial charge in [-0.1, -0.05) is 6.92 Å². The van der Waals surface area contributed by atoms with Gasteiger partial charge in [0.05, 0.1) is 19.1 Å². The minimum Gasteiger partial charge on any atom is -0.495 e. The maximum absolute atomic E-state index is 11.8. The molecule has 16 heavy (non-hydrogen) atoms. The van der Waals surface area contributed by atoms with Crippen molar-refractivity contribution in [3.63, 3.8) is 0 Å². The maximum Gasteiger partial charge on any atom is 0.195 e. The van der Waals surface area contributed by atoms with Crippen LogP contribution < -0.4 is 4.74 Å². The van der Waals surface area contributed by atoms with Crippen LogP contribution >= 0.6 is 11.6 Å². The normalized spacial score (nSPS) is 13.4. The minimum atomic E-state index is -3.35. The quantitative estimate of drug-likeness (QED) is 0.760. The van der Waals surface area contributed by atoms with Crippen molar-refractivity contribution in [2.75, 3.05) is 18.7 Å². The molecule has 0 aliphatic rings. The van der Waals surface area contributed by atoms with Crippen LogP contribution in [0.2, 0.25) is 0 Å². The molecular formula is C10H14ClNO3S. The summed E-state index contributed by atoms with van der Waals surface area (Å²) in [7, 11) is -1.85. The van der Waals surface area contributed by atoms with E-state index in [1.54, 1.807) is 13.0 Å². The number of hydrogen-bond acceptors (Lipinski definition) is 4. The molecular weight excluding hydrogens is 250 g/mol. The number of ether oxygens (including phenoxy) is 1. The lowest BCUT2D eigenvalue weighted by Gasteiger charge is -2.08. The van der Waals surface area contributed by atoms with E-state index in [-0.39, 0.29) is 16.7 Å². The summed E-state index contributed by atoms with van der Waals surface area (Å²) in [4.78, 5) is 3.85. The van der Waals surface area contributed by atoms with Crippen molar-refractivity contribution < 1.29 is 13.2 Å². The highest BCUT2D eigenvalue weighted by Gasteiger charge is 2.19. The van der Waals surface area contributed by atoms with E-state index in [9.17, 15) is 8.42 Å². The Morgan fingerprint density at radius 2 is 2.19 bits per heavy atom. The lowest BCUT2D eigenvalue weighted by Crippen LogP contribution is -2.16. The molecule has 0 aromatic carbocycles. The van der Waals surface area contributed by atoms with Gasteiger partial charge < -0.3 is 4.74 Å². The number of sulfone groups is 1. The second kappa shape index (κ2) is 5.50. The number of aromatic nitrogens is 1. The number of hydrogen-bond donors (Lipinski definition) is 0. The number of methoxy groups -OCH3 is 1. The van der Waals surface area contributed by atoms with Crippen molar-refractivity contribution in [2.45, 2.75) is 11.9 Å². The van der Waals surface area contributed by atoms with Crippen molar-refractivity contribution in [3.05, 3.63) is 18.3 Å². The molecule has 0 fully saturated rings. The molecule has 4 nitrogen and oxygen atoms in total. The molecule has 1 aromatic heterocycles. The van der Waals surface area contributed by atoms with E-state index < -0.39 is 9.84 Å². The largest absolute Gasteiger partial charge is 0.495 e. The maximum atomic E-state index is 11.8. The molecule has 0 radical (unpaired) electrons. The van der Waals surface area contributed by atoms with Crippen molar-refractivity contribution in [1.82, 2.24) is 4.98 Å². The number of alkyl halides is 1. The molecule has 1 rings (SSSR count). The molecule has 0 spiro atoms. The molecule has 1 aromatic rings. The standard InChI is InChI=1S/C10H14ClNO3S/c1-8(5-11)7-16(13,14)10-4-3-9(15-2)6-12-10/h3-4,6,8H,5,7H2,1-2H3. The van der Waals surface area contributed by atoms with Gasteiger partial charge in [0.25, 0.3) is 0 Å². The topological polar surface area (TPSA) is 56.3 Å². The lowest BCUT2D eigenvalue weighted by molar-refractivity contribution is 0.412. The second-order valence-corrected chi connectivity index (χ2v) is 5.87. The van der Waals surface area contributed by atoms with E-state index >= 15 is 0 Å². The summed E-state index contributed by atoms with van der Waals surface area (Å²) in [5.41, 5.74) is 0. The van der Waals surface area contributed by atoms with E-state index in [0.29, 0.717) is 11.6 Å². The van der Waals surface area contributed by atoms with E-state index in [2.05, 4.69) is 4.98 Å². The monoisotopic (exact) mass is 263 g/mol. The summed E-state index contributed by atoms with van der Waals surface area (Å²) >= 11 is 5.59. The average Bonchev–Trinajstić information content (AvgIpc) is 2.28. The van der Waals surface area contributed by atoms with Crippen molar-refractivity contribution in [1.29, 1.82) is 0 Å². The smallest absolute Gasteiger partial charge is 0.195 e. The molecule has 0 saturated carbocycles. The number of halogens is 1. The minimum absolute atomic E-state index is 0.00975. The molecule has 0 N–H and O–H groups in total. The highest BCUT2D eigenvalue weighted by Crippen LogP contribution is 2.15. The van der Waals surface area contributed by atoms with Gasteiger partial charge in [0.15, 0.2) is 14.9 Å². The zero-order chi connectivity index (χ0) is 12.2. The third-order valence-electron chi connectivity index (χ3n) is 2.03. The zero-order valence-corrected chi connectivity index (χ0v) is 10.8. The summed E-state index contributed by atoms with van der Waals surface area (Å²) in [6.07, 6.45) is 1.39. The predicted octanol–water partition coefficient (Wildman–Crippen LogP) is 1.74. The van der Waals surface area contributed by atoms with Crippen LogP contribution in [-0.4, -0.2) is 32.1 Å². The molecule has 1 heterocycles. The van der Waals surface area contributed by atoms with Gasteiger partial charge in [-0.25, -0.2) is 13.4 Å². The Morgan fingerprint density at radius 3 is 2.62 bits per heavy atom. The molecule has 0 saturated heterocycles. The van der Waals surface area contributed by atoms with Crippen LogP contribution in [0.4, 0.5) is 0 Å². The van der Waals surface area contributed by atoms with Crippen LogP contribution in [0.25, 0.3) is 0 Å². The molecule has 1 atom stereocenters. The van der Waals surface area contributed by atoms with Gasteiger partial charge in [-0.3, -0.25) is 0 Å². The summed E-state index contributed by atoms with van der Waals surface area (Å²) in [6.45, 7) is 1.79. The van der Waals surface area contributed by atoms with Crippen LogP contribution in [-0.2, 0) is 9.84 Å². The lowest BCUT2D eigenvalue weighted by atomic mass is 10.3. The Hall–Kier alpha value is -0.810. The third-order valence-corrected chi connectivity index (χ3v) is 4.44. The highest BCUT2D eigenvalue weighted by atomic mass is 35.5. The fraction of sp³-hybridized carbons (Fsp3) is 0.500. The van der Waals surface area contributed by atoms with E-state index in [1.165, 1.54) is 19.4 Å². The first-order valence-corrected chi connectivity index (χ1v) is 6.97. The van der Waals surface area contributed by atoms with Crippen molar-refractivity contribution in [3.8, 4) is 5.75 Å². The Labute approximate surface area is 101 Å². The first kappa shape index (κ1) is 13.3. The summed E-state index contributed by atoms with van der Waals surface area (Å²) in [5, 5.41) is 0.0604. The third kappa shape index (κ3) is 3.35. The summed E-state index contributed by atoms with van der Waals surface area (Å²) in [5.74, 6) is 0.769. The highest BCUT2D eigenvalue weighted by molar-refractivity contribution is 7.91. The van der Waals surface area contributed by atoms with Gasteiger partial charge in [0.1, 0.15) is 5.75 Å². The van der Waals surface area contributed by atoms with Gasteiger partial charge in [-0.05, 0) is 18.1 Å². The summed E-state index contributed by atoms with van der Waals surface area (Å²) in [6, 6.07) is 3.01. The molecule has 90 valence electrons. The Morgan fingerprint density at radius 1 is 1.50 bits per heavy atom. The predicted molar refractivity (Wildman–Crippen MR) is 62.7 cm³/mol. The van der Waals surface area contributed by atoms with E-state index in [0.717, 1.165) is 0 Å². The van der Waals surface area contributed by atoms with E-state index in [1.807, 2.05) is 0 Å². The van der Waals surface area contributed by atoms with Crippen LogP contribution in [0, 0.1) is 5.92 Å². The van der Waals surface area contributed by atoms with Gasteiger partial charge in [-0.2, -0.15) is 0 Å². The number of rotatable bonds is 5. The van der Waals surface area contributed by atoms with Crippen molar-refractivity contribution in [2.24, 2.45) is 5.92 Å². The van der Waals surface area contributed by atoms with Crippen LogP contribution in [0.1, 0.15) is 6.92 Å². The Bertz CT molecular complexity index is 430. The van der Waals surface area contributed by atoms with Gasteiger partial charge >= 0.3 is 0 Å². The molecule has 0 aliphatic carbocycles. The fourth-order valence-corrected chi connectivity index (χ4v) is 2.94. The molecule has 0 aliphatic heterocycles. The Kier molecular flexibility index (Phi) is 4.56. The summed E-state index contributed by atoms with van der Waals surface area (Å²) < 4.78 is 28.6. The van der Waals surface area contributed by atoms with Crippen LogP contribution in [0.15, 0.2) is 23.4 Å². The van der Waals surface area contributed by atoms with E-state index in [4.69, 9.17) is 16.3 Å². The van der Waals surface area contributed by atoms with Crippen LogP contribution in [0.3, 0.4) is 0 Å². The second-order valence-electron chi connectivity index (χ2n) is 3.58. The SMILES string of the molecule is COc1ccc(S(=O)(=O)CC(C)CCl)nc1. The number of nitrogens with zero attached hydrogens (tertiary/aromatic N) is 1. The molecule has 6 heteroatoms. The first-order valence-electron chi connectivity index (χ1n) is 4.78. The number of pyridine rings is 1. The molecule has 0 bridgehead atoms. The fourth-order valence-electron chi connectivity index (χ4n) is 1.18. The molecule has 1 unspecified atom stereocenters. The van der Waals surface area contributed by atoms with Gasteiger partial charge in [0.2, 0.25) is 0 Å². The van der Waals surface area contributed by atoms with Gasteiger partial charge in [0, 0.05) is 5.88 Å². The molecule has 0 amide bonds. The Balaban J connectivity index is 2.90. The zero-order valence-electron chi connectivity index (χ0n) is 9.18. The first-order chi connectivity index (χ1) is 7.49. The average molecular weight is 264 g/mol. The van der Waals surface area contributed by atoms with Gasteiger partial charge in [-0.15, -0.1) is 11.6 Å². The van der Waals surface area contributed by atoms with Crippen molar-refractivity contribution >= 4 is 21.4 Å². The van der Waals surface area contributed by atoms with Crippen LogP contribution in [0.5, 0.6) is 5.75 Å².